The first-order chi connectivity index (χ1) is 9.08. The van der Waals surface area contributed by atoms with Crippen molar-refractivity contribution in [1.82, 2.24) is 14.7 Å². The average Bonchev–Trinajstić information content (AvgIpc) is 2.79. The van der Waals surface area contributed by atoms with Gasteiger partial charge in [0, 0.05) is 18.9 Å². The van der Waals surface area contributed by atoms with Crippen LogP contribution in [-0.2, 0) is 16.1 Å². The lowest BCUT2D eigenvalue weighted by molar-refractivity contribution is -0.153. The fourth-order valence-electron chi connectivity index (χ4n) is 2.86. The summed E-state index contributed by atoms with van der Waals surface area (Å²) in [6.07, 6.45) is 2.82. The van der Waals surface area contributed by atoms with Crippen LogP contribution in [0.2, 0.25) is 0 Å². The number of likely N-dealkylation sites (tertiary alicyclic amines) is 1. The van der Waals surface area contributed by atoms with E-state index in [1.165, 1.54) is 9.58 Å². The maximum absolute atomic E-state index is 12.1. The Morgan fingerprint density at radius 1 is 1.47 bits per heavy atom. The molecule has 4 atom stereocenters. The van der Waals surface area contributed by atoms with Crippen LogP contribution < -0.4 is 0 Å². The highest BCUT2D eigenvalue weighted by Gasteiger charge is 2.57. The van der Waals surface area contributed by atoms with Crippen molar-refractivity contribution in [2.75, 3.05) is 6.54 Å². The number of piperidine rings is 1. The van der Waals surface area contributed by atoms with E-state index in [9.17, 15) is 19.8 Å². The van der Waals surface area contributed by atoms with Crippen molar-refractivity contribution in [3.05, 3.63) is 18.5 Å². The molecule has 1 aliphatic carbocycles. The third-order valence-corrected chi connectivity index (χ3v) is 3.89. The van der Waals surface area contributed by atoms with Gasteiger partial charge >= 0.3 is 5.97 Å². The summed E-state index contributed by atoms with van der Waals surface area (Å²) >= 11 is 0. The van der Waals surface area contributed by atoms with Crippen LogP contribution in [-0.4, -0.2) is 55.5 Å². The van der Waals surface area contributed by atoms with Crippen LogP contribution in [0.4, 0.5) is 0 Å². The minimum atomic E-state index is -1.25. The van der Waals surface area contributed by atoms with Gasteiger partial charge in [-0.2, -0.15) is 5.10 Å². The lowest BCUT2D eigenvalue weighted by Gasteiger charge is -2.26. The van der Waals surface area contributed by atoms with Gasteiger partial charge in [-0.25, -0.2) is 4.79 Å². The van der Waals surface area contributed by atoms with Gasteiger partial charge in [0.05, 0.1) is 6.54 Å². The molecule has 19 heavy (non-hydrogen) atoms. The number of aromatic nitrogens is 2. The summed E-state index contributed by atoms with van der Waals surface area (Å²) in [4.78, 5) is 24.6. The lowest BCUT2D eigenvalue weighted by atomic mass is 10.1. The van der Waals surface area contributed by atoms with Crippen molar-refractivity contribution in [1.29, 1.82) is 0 Å². The Morgan fingerprint density at radius 2 is 2.26 bits per heavy atom. The smallest absolute Gasteiger partial charge is 0.326 e. The Bertz CT molecular complexity index is 501. The molecule has 2 aliphatic rings. The van der Waals surface area contributed by atoms with E-state index in [0.717, 1.165) is 6.42 Å². The number of aliphatic hydroxyl groups excluding tert-OH is 1. The van der Waals surface area contributed by atoms with Gasteiger partial charge in [-0.05, 0) is 24.3 Å². The molecule has 1 saturated heterocycles. The Morgan fingerprint density at radius 3 is 2.89 bits per heavy atom. The normalized spacial score (nSPS) is 29.9. The molecular weight excluding hydrogens is 250 g/mol. The van der Waals surface area contributed by atoms with Crippen molar-refractivity contribution in [3.63, 3.8) is 0 Å². The highest BCUT2D eigenvalue weighted by molar-refractivity contribution is 5.87. The van der Waals surface area contributed by atoms with Crippen LogP contribution in [0.25, 0.3) is 0 Å². The summed E-state index contributed by atoms with van der Waals surface area (Å²) < 4.78 is 1.45. The van der Waals surface area contributed by atoms with E-state index in [1.807, 2.05) is 0 Å². The SMILES string of the molecule is O=C(O)[C@@H]1[C@H]2C[C@H]2CN1C(=O)[C@H](O)Cn1cccn1. The number of nitrogens with zero attached hydrogens (tertiary/aromatic N) is 3. The van der Waals surface area contributed by atoms with Gasteiger partial charge in [-0.1, -0.05) is 0 Å². The van der Waals surface area contributed by atoms with E-state index in [2.05, 4.69) is 5.10 Å². The summed E-state index contributed by atoms with van der Waals surface area (Å²) in [6, 6.07) is 0.923. The molecule has 0 spiro atoms. The van der Waals surface area contributed by atoms with E-state index in [4.69, 9.17) is 0 Å². The van der Waals surface area contributed by atoms with Crippen LogP contribution in [0.15, 0.2) is 18.5 Å². The molecule has 1 aromatic rings. The Kier molecular flexibility index (Phi) is 2.78. The molecule has 7 heteroatoms. The highest BCUT2D eigenvalue weighted by atomic mass is 16.4. The van der Waals surface area contributed by atoms with Crippen molar-refractivity contribution < 1.29 is 19.8 Å². The van der Waals surface area contributed by atoms with Crippen molar-refractivity contribution in [3.8, 4) is 0 Å². The van der Waals surface area contributed by atoms with Gasteiger partial charge in [0.25, 0.3) is 5.91 Å². The third-order valence-electron chi connectivity index (χ3n) is 3.89. The first-order valence-electron chi connectivity index (χ1n) is 6.26. The van der Waals surface area contributed by atoms with Crippen LogP contribution in [0.5, 0.6) is 0 Å². The number of fused-ring (bicyclic) bond motifs is 1. The Hall–Kier alpha value is -1.89. The number of hydrogen-bond donors (Lipinski definition) is 2. The number of carbonyl (C=O) groups is 2. The molecule has 1 aromatic heterocycles. The maximum atomic E-state index is 12.1. The van der Waals surface area contributed by atoms with E-state index >= 15 is 0 Å². The Balaban J connectivity index is 1.68. The van der Waals surface area contributed by atoms with Crippen LogP contribution in [0.3, 0.4) is 0 Å². The zero-order valence-electron chi connectivity index (χ0n) is 10.2. The third kappa shape index (κ3) is 2.10. The molecule has 1 amide bonds. The summed E-state index contributed by atoms with van der Waals surface area (Å²) in [7, 11) is 0. The fourth-order valence-corrected chi connectivity index (χ4v) is 2.86. The van der Waals surface area contributed by atoms with Crippen molar-refractivity contribution in [2.45, 2.75) is 25.1 Å². The number of rotatable bonds is 4. The molecule has 2 heterocycles. The minimum absolute atomic E-state index is 0.0456. The molecular formula is C12H15N3O4. The van der Waals surface area contributed by atoms with Gasteiger partial charge in [-0.3, -0.25) is 9.48 Å². The Labute approximate surface area is 109 Å². The first-order valence-corrected chi connectivity index (χ1v) is 6.26. The monoisotopic (exact) mass is 265 g/mol. The molecule has 2 N–H and O–H groups in total. The standard InChI is InChI=1S/C12H15N3O4/c16-9(6-14-3-1-2-13-14)11(17)15-5-7-4-8(7)10(15)12(18)19/h1-3,7-10,16H,4-6H2,(H,18,19)/t7-,8-,9+,10-/m0/s1. The minimum Gasteiger partial charge on any atom is -0.480 e. The summed E-state index contributed by atoms with van der Waals surface area (Å²) in [5, 5.41) is 23.0. The number of carboxylic acid groups (broad SMARTS) is 1. The molecule has 0 aromatic carbocycles. The quantitative estimate of drug-likeness (QED) is 0.741. The fraction of sp³-hybridized carbons (Fsp3) is 0.583. The van der Waals surface area contributed by atoms with E-state index < -0.39 is 24.0 Å². The predicted octanol–water partition coefficient (Wildman–Crippen LogP) is -0.825. The van der Waals surface area contributed by atoms with Crippen molar-refractivity contribution in [2.24, 2.45) is 11.8 Å². The second kappa shape index (κ2) is 4.34. The molecule has 1 saturated carbocycles. The van der Waals surface area contributed by atoms with E-state index in [0.29, 0.717) is 12.5 Å². The lowest BCUT2D eigenvalue weighted by Crippen LogP contribution is -2.48. The largest absolute Gasteiger partial charge is 0.480 e. The number of carbonyl (C=O) groups excluding carboxylic acids is 1. The molecule has 102 valence electrons. The first kappa shape index (κ1) is 12.2. The van der Waals surface area contributed by atoms with E-state index in [1.54, 1.807) is 18.5 Å². The van der Waals surface area contributed by atoms with Crippen LogP contribution in [0.1, 0.15) is 6.42 Å². The molecule has 7 nitrogen and oxygen atoms in total. The number of aliphatic carboxylic acids is 1. The van der Waals surface area contributed by atoms with Gasteiger partial charge in [0.2, 0.25) is 0 Å². The number of carboxylic acids is 1. The van der Waals surface area contributed by atoms with Gasteiger partial charge in [0.15, 0.2) is 6.10 Å². The maximum Gasteiger partial charge on any atom is 0.326 e. The van der Waals surface area contributed by atoms with Gasteiger partial charge in [0.1, 0.15) is 6.04 Å². The number of amides is 1. The van der Waals surface area contributed by atoms with Gasteiger partial charge < -0.3 is 15.1 Å². The molecule has 0 bridgehead atoms. The number of aliphatic hydroxyl groups is 1. The van der Waals surface area contributed by atoms with E-state index in [-0.39, 0.29) is 12.5 Å². The summed E-state index contributed by atoms with van der Waals surface area (Å²) in [5.41, 5.74) is 0. The van der Waals surface area contributed by atoms with Crippen molar-refractivity contribution >= 4 is 11.9 Å². The van der Waals surface area contributed by atoms with Crippen LogP contribution in [0, 0.1) is 11.8 Å². The molecule has 0 unspecified atom stereocenters. The second-order valence-electron chi connectivity index (χ2n) is 5.18. The predicted molar refractivity (Wildman–Crippen MR) is 63.0 cm³/mol. The summed E-state index contributed by atoms with van der Waals surface area (Å²) in [5.74, 6) is -1.14. The topological polar surface area (TPSA) is 95.7 Å². The highest BCUT2D eigenvalue weighted by Crippen LogP contribution is 2.49. The summed E-state index contributed by atoms with van der Waals surface area (Å²) in [6.45, 7) is 0.487. The number of hydrogen-bond acceptors (Lipinski definition) is 4. The molecule has 1 aliphatic heterocycles. The zero-order chi connectivity index (χ0) is 13.6. The zero-order valence-corrected chi connectivity index (χ0v) is 10.2. The van der Waals surface area contributed by atoms with Crippen LogP contribution >= 0.6 is 0 Å². The molecule has 2 fully saturated rings. The second-order valence-corrected chi connectivity index (χ2v) is 5.18. The molecule has 0 radical (unpaired) electrons. The van der Waals surface area contributed by atoms with Gasteiger partial charge in [-0.15, -0.1) is 0 Å². The molecule has 3 rings (SSSR count). The average molecular weight is 265 g/mol.